The number of aromatic nitrogens is 2. The van der Waals surface area contributed by atoms with E-state index in [2.05, 4.69) is 15.5 Å². The van der Waals surface area contributed by atoms with Crippen LogP contribution in [0.25, 0.3) is 0 Å². The standard InChI is InChI=1S/C18H24N4O3/c1-12(20-18(23)16(19)14-7-9-24-10-8-14)17-21-15(25-22-17)11-13-5-3-2-4-6-13/h2-6,12,14,16H,7-11,19H2,1H3,(H,20,23). The summed E-state index contributed by atoms with van der Waals surface area (Å²) in [4.78, 5) is 16.7. The molecule has 1 aromatic heterocycles. The molecule has 1 aliphatic heterocycles. The molecule has 1 aliphatic rings. The SMILES string of the molecule is CC(NC(=O)C(N)C1CCOCC1)c1noc(Cc2ccccc2)n1. The van der Waals surface area contributed by atoms with Crippen molar-refractivity contribution < 1.29 is 14.1 Å². The molecule has 0 bridgehead atoms. The van der Waals surface area contributed by atoms with Crippen molar-refractivity contribution in [2.45, 2.75) is 38.3 Å². The summed E-state index contributed by atoms with van der Waals surface area (Å²) in [6.45, 7) is 3.15. The summed E-state index contributed by atoms with van der Waals surface area (Å²) in [6, 6.07) is 9.00. The fraction of sp³-hybridized carbons (Fsp3) is 0.500. The van der Waals surface area contributed by atoms with E-state index in [0.717, 1.165) is 18.4 Å². The smallest absolute Gasteiger partial charge is 0.237 e. The van der Waals surface area contributed by atoms with Crippen molar-refractivity contribution in [3.05, 3.63) is 47.6 Å². The van der Waals surface area contributed by atoms with Crippen LogP contribution in [-0.4, -0.2) is 35.3 Å². The monoisotopic (exact) mass is 344 g/mol. The molecule has 0 spiro atoms. The molecule has 2 heterocycles. The Balaban J connectivity index is 1.55. The van der Waals surface area contributed by atoms with Crippen molar-refractivity contribution in [1.82, 2.24) is 15.5 Å². The maximum atomic E-state index is 12.4. The molecule has 7 nitrogen and oxygen atoms in total. The quantitative estimate of drug-likeness (QED) is 0.825. The van der Waals surface area contributed by atoms with Crippen LogP contribution >= 0.6 is 0 Å². The van der Waals surface area contributed by atoms with Crippen molar-refractivity contribution in [2.24, 2.45) is 11.7 Å². The van der Waals surface area contributed by atoms with Gasteiger partial charge in [-0.2, -0.15) is 4.98 Å². The Labute approximate surface area is 146 Å². The largest absolute Gasteiger partial charge is 0.381 e. The van der Waals surface area contributed by atoms with Gasteiger partial charge in [-0.3, -0.25) is 4.79 Å². The second-order valence-corrected chi connectivity index (χ2v) is 6.41. The van der Waals surface area contributed by atoms with Crippen molar-refractivity contribution in [3.63, 3.8) is 0 Å². The molecule has 1 fully saturated rings. The molecule has 1 saturated heterocycles. The molecular weight excluding hydrogens is 320 g/mol. The molecule has 1 aromatic carbocycles. The van der Waals surface area contributed by atoms with Gasteiger partial charge in [0.25, 0.3) is 0 Å². The maximum Gasteiger partial charge on any atom is 0.237 e. The van der Waals surface area contributed by atoms with E-state index >= 15 is 0 Å². The number of carbonyl (C=O) groups excluding carboxylic acids is 1. The molecule has 134 valence electrons. The molecular formula is C18H24N4O3. The first-order chi connectivity index (χ1) is 12.1. The number of hydrogen-bond acceptors (Lipinski definition) is 6. The highest BCUT2D eigenvalue weighted by Gasteiger charge is 2.28. The highest BCUT2D eigenvalue weighted by atomic mass is 16.5. The lowest BCUT2D eigenvalue weighted by molar-refractivity contribution is -0.125. The van der Waals surface area contributed by atoms with Gasteiger partial charge in [0.15, 0.2) is 5.82 Å². The summed E-state index contributed by atoms with van der Waals surface area (Å²) in [5.74, 6) is 0.947. The van der Waals surface area contributed by atoms with E-state index in [1.54, 1.807) is 0 Å². The van der Waals surface area contributed by atoms with Crippen molar-refractivity contribution in [3.8, 4) is 0 Å². The fourth-order valence-corrected chi connectivity index (χ4v) is 2.95. The Kier molecular flexibility index (Phi) is 5.78. The number of rotatable bonds is 6. The van der Waals surface area contributed by atoms with Crippen LogP contribution < -0.4 is 11.1 Å². The van der Waals surface area contributed by atoms with Crippen LogP contribution in [0.1, 0.15) is 43.1 Å². The molecule has 0 saturated carbocycles. The zero-order chi connectivity index (χ0) is 17.6. The van der Waals surface area contributed by atoms with Crippen molar-refractivity contribution >= 4 is 5.91 Å². The van der Waals surface area contributed by atoms with E-state index in [4.69, 9.17) is 15.0 Å². The lowest BCUT2D eigenvalue weighted by atomic mass is 9.91. The number of carbonyl (C=O) groups is 1. The molecule has 3 N–H and O–H groups in total. The minimum Gasteiger partial charge on any atom is -0.381 e. The first kappa shape index (κ1) is 17.6. The predicted molar refractivity (Wildman–Crippen MR) is 91.6 cm³/mol. The topological polar surface area (TPSA) is 103 Å². The van der Waals surface area contributed by atoms with Gasteiger partial charge in [0.05, 0.1) is 18.5 Å². The molecule has 7 heteroatoms. The van der Waals surface area contributed by atoms with Gasteiger partial charge in [0.1, 0.15) is 0 Å². The number of nitrogens with one attached hydrogen (secondary N) is 1. The second-order valence-electron chi connectivity index (χ2n) is 6.41. The van der Waals surface area contributed by atoms with Crippen LogP contribution in [0.3, 0.4) is 0 Å². The van der Waals surface area contributed by atoms with Gasteiger partial charge in [0.2, 0.25) is 11.8 Å². The Morgan fingerprint density at radius 1 is 1.32 bits per heavy atom. The van der Waals surface area contributed by atoms with Crippen LogP contribution in [0.5, 0.6) is 0 Å². The number of hydrogen-bond donors (Lipinski definition) is 2. The maximum absolute atomic E-state index is 12.4. The Morgan fingerprint density at radius 3 is 2.76 bits per heavy atom. The van der Waals surface area contributed by atoms with Gasteiger partial charge in [-0.25, -0.2) is 0 Å². The molecule has 3 rings (SSSR count). The number of benzene rings is 1. The van der Waals surface area contributed by atoms with Gasteiger partial charge in [-0.05, 0) is 31.2 Å². The molecule has 1 amide bonds. The lowest BCUT2D eigenvalue weighted by Gasteiger charge is -2.27. The van der Waals surface area contributed by atoms with Crippen LogP contribution in [0.4, 0.5) is 0 Å². The van der Waals surface area contributed by atoms with E-state index in [9.17, 15) is 4.79 Å². The van der Waals surface area contributed by atoms with E-state index in [0.29, 0.717) is 31.3 Å². The summed E-state index contributed by atoms with van der Waals surface area (Å²) in [7, 11) is 0. The van der Waals surface area contributed by atoms with Crippen LogP contribution in [0, 0.1) is 5.92 Å². The first-order valence-electron chi connectivity index (χ1n) is 8.63. The Morgan fingerprint density at radius 2 is 2.04 bits per heavy atom. The van der Waals surface area contributed by atoms with Gasteiger partial charge in [-0.15, -0.1) is 0 Å². The summed E-state index contributed by atoms with van der Waals surface area (Å²) >= 11 is 0. The molecule has 2 aromatic rings. The summed E-state index contributed by atoms with van der Waals surface area (Å²) in [6.07, 6.45) is 2.19. The predicted octanol–water partition coefficient (Wildman–Crippen LogP) is 1.59. The highest BCUT2D eigenvalue weighted by molar-refractivity contribution is 5.82. The van der Waals surface area contributed by atoms with Crippen molar-refractivity contribution in [2.75, 3.05) is 13.2 Å². The third-order valence-corrected chi connectivity index (χ3v) is 4.50. The first-order valence-corrected chi connectivity index (χ1v) is 8.63. The van der Waals surface area contributed by atoms with E-state index in [-0.39, 0.29) is 17.9 Å². The van der Waals surface area contributed by atoms with Gasteiger partial charge in [-0.1, -0.05) is 35.5 Å². The lowest BCUT2D eigenvalue weighted by Crippen LogP contribution is -2.47. The number of amides is 1. The van der Waals surface area contributed by atoms with Crippen LogP contribution in [0.2, 0.25) is 0 Å². The molecule has 0 radical (unpaired) electrons. The molecule has 0 aliphatic carbocycles. The van der Waals surface area contributed by atoms with E-state index < -0.39 is 6.04 Å². The van der Waals surface area contributed by atoms with E-state index in [1.165, 1.54) is 0 Å². The summed E-state index contributed by atoms with van der Waals surface area (Å²) in [5, 5.41) is 6.86. The van der Waals surface area contributed by atoms with Crippen molar-refractivity contribution in [1.29, 1.82) is 0 Å². The summed E-state index contributed by atoms with van der Waals surface area (Å²) < 4.78 is 10.6. The average Bonchev–Trinajstić information content (AvgIpc) is 3.11. The van der Waals surface area contributed by atoms with Crippen LogP contribution in [0.15, 0.2) is 34.9 Å². The Hall–Kier alpha value is -2.25. The second kappa shape index (κ2) is 8.22. The third kappa shape index (κ3) is 4.64. The zero-order valence-corrected chi connectivity index (χ0v) is 14.4. The number of ether oxygens (including phenoxy) is 1. The fourth-order valence-electron chi connectivity index (χ4n) is 2.95. The highest BCUT2D eigenvalue weighted by Crippen LogP contribution is 2.19. The summed E-state index contributed by atoms with van der Waals surface area (Å²) in [5.41, 5.74) is 7.19. The molecule has 25 heavy (non-hydrogen) atoms. The number of nitrogens with two attached hydrogens (primary N) is 1. The van der Waals surface area contributed by atoms with Crippen LogP contribution in [-0.2, 0) is 16.0 Å². The minimum absolute atomic E-state index is 0.153. The average molecular weight is 344 g/mol. The minimum atomic E-state index is -0.540. The van der Waals surface area contributed by atoms with Gasteiger partial charge in [0, 0.05) is 13.2 Å². The molecule has 2 atom stereocenters. The Bertz CT molecular complexity index is 683. The van der Waals surface area contributed by atoms with E-state index in [1.807, 2.05) is 37.3 Å². The zero-order valence-electron chi connectivity index (χ0n) is 14.4. The van der Waals surface area contributed by atoms with Gasteiger partial charge < -0.3 is 20.3 Å². The normalized spacial score (nSPS) is 17.8. The molecule has 2 unspecified atom stereocenters. The number of nitrogens with zero attached hydrogens (tertiary/aromatic N) is 2. The van der Waals surface area contributed by atoms with Gasteiger partial charge >= 0.3 is 0 Å². The third-order valence-electron chi connectivity index (χ3n) is 4.50.